The number of para-hydroxylation sites is 1. The van der Waals surface area contributed by atoms with Gasteiger partial charge in [0.2, 0.25) is 17.7 Å². The summed E-state index contributed by atoms with van der Waals surface area (Å²) in [5.74, 6) is 0.471. The summed E-state index contributed by atoms with van der Waals surface area (Å²) in [6.45, 7) is 0.666. The van der Waals surface area contributed by atoms with Crippen molar-refractivity contribution < 1.29 is 19.1 Å². The highest BCUT2D eigenvalue weighted by Gasteiger charge is 2.49. The molecule has 1 aromatic carbocycles. The Bertz CT molecular complexity index is 935. The van der Waals surface area contributed by atoms with Crippen LogP contribution in [0.25, 0.3) is 0 Å². The standard InChI is InChI=1S/C22H30N6O4/c1-27-22(31)18-14(11-16(24-20(18)26-27)25-21(30)12-8-9-12)23-13-5-3-6-15(19(13)32-2)28-10-4-7-17(28)29/h3,5-6,12,14,16,18,20,23-24,26H,4,7-11H2,1-2H3,(H,25,30). The number of benzene rings is 1. The fourth-order valence-electron chi connectivity index (χ4n) is 5.00. The zero-order valence-corrected chi connectivity index (χ0v) is 18.4. The van der Waals surface area contributed by atoms with Crippen molar-refractivity contribution >= 4 is 29.1 Å². The molecule has 32 heavy (non-hydrogen) atoms. The highest BCUT2D eigenvalue weighted by molar-refractivity contribution is 5.98. The van der Waals surface area contributed by atoms with Crippen LogP contribution in [0, 0.1) is 11.8 Å². The maximum Gasteiger partial charge on any atom is 0.244 e. The number of rotatable bonds is 6. The summed E-state index contributed by atoms with van der Waals surface area (Å²) in [7, 11) is 3.29. The van der Waals surface area contributed by atoms with Crippen molar-refractivity contribution in [2.45, 2.75) is 50.5 Å². The third kappa shape index (κ3) is 3.77. The number of ether oxygens (including phenoxy) is 1. The van der Waals surface area contributed by atoms with Gasteiger partial charge in [-0.05, 0) is 31.4 Å². The van der Waals surface area contributed by atoms with Gasteiger partial charge in [0.05, 0.1) is 36.7 Å². The van der Waals surface area contributed by atoms with Crippen LogP contribution in [0.1, 0.15) is 32.1 Å². The topological polar surface area (TPSA) is 115 Å². The molecule has 1 aliphatic carbocycles. The Hall–Kier alpha value is -2.85. The van der Waals surface area contributed by atoms with Crippen molar-refractivity contribution in [3.63, 3.8) is 0 Å². The molecule has 10 heteroatoms. The van der Waals surface area contributed by atoms with Crippen molar-refractivity contribution in [3.05, 3.63) is 18.2 Å². The third-order valence-corrected chi connectivity index (χ3v) is 6.78. The van der Waals surface area contributed by atoms with E-state index in [1.54, 1.807) is 19.1 Å². The van der Waals surface area contributed by atoms with Gasteiger partial charge in [0.1, 0.15) is 0 Å². The number of piperidine rings is 1. The number of anilines is 2. The molecular formula is C22H30N6O4. The Balaban J connectivity index is 1.41. The summed E-state index contributed by atoms with van der Waals surface area (Å²) in [5, 5.41) is 11.5. The van der Waals surface area contributed by atoms with Gasteiger partial charge in [-0.3, -0.25) is 24.7 Å². The molecule has 3 saturated heterocycles. The van der Waals surface area contributed by atoms with Gasteiger partial charge in [-0.1, -0.05) is 6.07 Å². The molecule has 0 bridgehead atoms. The second kappa shape index (κ2) is 8.25. The van der Waals surface area contributed by atoms with E-state index in [1.165, 1.54) is 5.01 Å². The molecule has 4 N–H and O–H groups in total. The smallest absolute Gasteiger partial charge is 0.244 e. The molecule has 3 amide bonds. The van der Waals surface area contributed by atoms with Crippen LogP contribution in [0.4, 0.5) is 11.4 Å². The number of methoxy groups -OCH3 is 1. The molecule has 5 rings (SSSR count). The Morgan fingerprint density at radius 3 is 2.75 bits per heavy atom. The second-order valence-electron chi connectivity index (χ2n) is 9.03. The number of hydrogen-bond acceptors (Lipinski definition) is 7. The summed E-state index contributed by atoms with van der Waals surface area (Å²) >= 11 is 0. The van der Waals surface area contributed by atoms with Crippen molar-refractivity contribution in [3.8, 4) is 5.75 Å². The summed E-state index contributed by atoms with van der Waals surface area (Å²) in [6.07, 6.45) is 3.22. The number of nitrogens with one attached hydrogen (secondary N) is 4. The number of carbonyl (C=O) groups excluding carboxylic acids is 3. The van der Waals surface area contributed by atoms with Crippen LogP contribution in [0.5, 0.6) is 5.75 Å². The number of fused-ring (bicyclic) bond motifs is 1. The van der Waals surface area contributed by atoms with E-state index in [2.05, 4.69) is 21.4 Å². The maximum atomic E-state index is 12.9. The van der Waals surface area contributed by atoms with E-state index in [4.69, 9.17) is 4.74 Å². The fraction of sp³-hybridized carbons (Fsp3) is 0.591. The lowest BCUT2D eigenvalue weighted by Gasteiger charge is -2.39. The summed E-state index contributed by atoms with van der Waals surface area (Å²) < 4.78 is 5.72. The second-order valence-corrected chi connectivity index (χ2v) is 9.03. The number of carbonyl (C=O) groups is 3. The summed E-state index contributed by atoms with van der Waals surface area (Å²) in [6, 6.07) is 5.42. The molecule has 3 heterocycles. The van der Waals surface area contributed by atoms with Gasteiger partial charge in [0.25, 0.3) is 0 Å². The van der Waals surface area contributed by atoms with E-state index >= 15 is 0 Å². The van der Waals surface area contributed by atoms with E-state index in [9.17, 15) is 14.4 Å². The molecule has 4 unspecified atom stereocenters. The van der Waals surface area contributed by atoms with Gasteiger partial charge in [0.15, 0.2) is 5.75 Å². The average molecular weight is 443 g/mol. The molecule has 1 saturated carbocycles. The maximum absolute atomic E-state index is 12.9. The minimum atomic E-state index is -0.351. The first-order valence-corrected chi connectivity index (χ1v) is 11.3. The Morgan fingerprint density at radius 2 is 2.06 bits per heavy atom. The van der Waals surface area contributed by atoms with Gasteiger partial charge in [0, 0.05) is 38.4 Å². The molecule has 1 aromatic rings. The van der Waals surface area contributed by atoms with Crippen LogP contribution in [0.15, 0.2) is 18.2 Å². The quantitative estimate of drug-likeness (QED) is 0.503. The molecule has 4 aliphatic rings. The molecule has 0 spiro atoms. The van der Waals surface area contributed by atoms with E-state index in [0.29, 0.717) is 25.1 Å². The zero-order valence-electron chi connectivity index (χ0n) is 18.4. The first-order chi connectivity index (χ1) is 15.5. The Labute approximate surface area is 187 Å². The van der Waals surface area contributed by atoms with Crippen LogP contribution in [0.3, 0.4) is 0 Å². The monoisotopic (exact) mass is 442 g/mol. The predicted molar refractivity (Wildman–Crippen MR) is 118 cm³/mol. The highest BCUT2D eigenvalue weighted by Crippen LogP contribution is 2.39. The van der Waals surface area contributed by atoms with Gasteiger partial charge in [-0.2, -0.15) is 0 Å². The number of hydrazine groups is 1. The van der Waals surface area contributed by atoms with E-state index < -0.39 is 0 Å². The number of amides is 3. The predicted octanol–water partition coefficient (Wildman–Crippen LogP) is 0.367. The van der Waals surface area contributed by atoms with Crippen molar-refractivity contribution in [2.24, 2.45) is 11.8 Å². The third-order valence-electron chi connectivity index (χ3n) is 6.78. The number of nitrogens with zero attached hydrogens (tertiary/aromatic N) is 2. The largest absolute Gasteiger partial charge is 0.492 e. The van der Waals surface area contributed by atoms with Crippen LogP contribution in [0.2, 0.25) is 0 Å². The molecule has 4 fully saturated rings. The normalized spacial score (nSPS) is 29.8. The zero-order chi connectivity index (χ0) is 22.4. The first kappa shape index (κ1) is 21.0. The SMILES string of the molecule is COc1c(NC2CC(NC(=O)C3CC3)NC3NN(C)C(=O)C23)cccc1N1CCCC1=O. The lowest BCUT2D eigenvalue weighted by atomic mass is 9.88. The van der Waals surface area contributed by atoms with Gasteiger partial charge >= 0.3 is 0 Å². The molecular weight excluding hydrogens is 412 g/mol. The van der Waals surface area contributed by atoms with Crippen LogP contribution in [-0.4, -0.2) is 61.8 Å². The lowest BCUT2D eigenvalue weighted by Crippen LogP contribution is -2.63. The minimum absolute atomic E-state index is 0.0168. The van der Waals surface area contributed by atoms with E-state index in [0.717, 1.165) is 30.6 Å². The lowest BCUT2D eigenvalue weighted by molar-refractivity contribution is -0.131. The van der Waals surface area contributed by atoms with Gasteiger partial charge in [-0.25, -0.2) is 5.43 Å². The minimum Gasteiger partial charge on any atom is -0.492 e. The van der Waals surface area contributed by atoms with Crippen LogP contribution >= 0.6 is 0 Å². The molecule has 4 atom stereocenters. The van der Waals surface area contributed by atoms with Gasteiger partial charge in [-0.15, -0.1) is 0 Å². The average Bonchev–Trinajstić information content (AvgIpc) is 3.48. The molecule has 172 valence electrons. The van der Waals surface area contributed by atoms with Crippen molar-refractivity contribution in [2.75, 3.05) is 30.9 Å². The molecule has 0 aromatic heterocycles. The van der Waals surface area contributed by atoms with Crippen molar-refractivity contribution in [1.82, 2.24) is 21.1 Å². The molecule has 3 aliphatic heterocycles. The van der Waals surface area contributed by atoms with E-state index in [1.807, 2.05) is 18.2 Å². The molecule has 10 nitrogen and oxygen atoms in total. The highest BCUT2D eigenvalue weighted by atomic mass is 16.5. The van der Waals surface area contributed by atoms with Crippen LogP contribution in [-0.2, 0) is 14.4 Å². The first-order valence-electron chi connectivity index (χ1n) is 11.3. The van der Waals surface area contributed by atoms with Gasteiger partial charge < -0.3 is 20.3 Å². The van der Waals surface area contributed by atoms with E-state index in [-0.39, 0.29) is 47.9 Å². The fourth-order valence-corrected chi connectivity index (χ4v) is 5.00. The summed E-state index contributed by atoms with van der Waals surface area (Å²) in [4.78, 5) is 39.3. The van der Waals surface area contributed by atoms with Crippen LogP contribution < -0.4 is 31.0 Å². The Kier molecular flexibility index (Phi) is 5.42. The number of hydrogen-bond donors (Lipinski definition) is 4. The molecule has 0 radical (unpaired) electrons. The van der Waals surface area contributed by atoms with Crippen molar-refractivity contribution in [1.29, 1.82) is 0 Å². The Morgan fingerprint density at radius 1 is 1.25 bits per heavy atom. The summed E-state index contributed by atoms with van der Waals surface area (Å²) in [5.41, 5.74) is 4.62.